The van der Waals surface area contributed by atoms with E-state index in [1.807, 2.05) is 11.4 Å². The number of amides is 1. The van der Waals surface area contributed by atoms with Crippen molar-refractivity contribution in [3.05, 3.63) is 51.4 Å². The van der Waals surface area contributed by atoms with Gasteiger partial charge in [-0.2, -0.15) is 5.10 Å². The summed E-state index contributed by atoms with van der Waals surface area (Å²) in [6.07, 6.45) is 2.54. The van der Waals surface area contributed by atoms with Crippen LogP contribution in [-0.2, 0) is 17.8 Å². The monoisotopic (exact) mass is 397 g/mol. The van der Waals surface area contributed by atoms with Crippen molar-refractivity contribution in [1.82, 2.24) is 20.1 Å². The third-order valence-corrected chi connectivity index (χ3v) is 5.97. The Kier molecular flexibility index (Phi) is 5.50. The molecule has 3 aromatic rings. The van der Waals surface area contributed by atoms with Gasteiger partial charge in [-0.25, -0.2) is 10.1 Å². The lowest BCUT2D eigenvalue weighted by atomic mass is 9.99. The number of thiazole rings is 1. The van der Waals surface area contributed by atoms with Crippen molar-refractivity contribution < 1.29 is 4.79 Å². The summed E-state index contributed by atoms with van der Waals surface area (Å²) in [7, 11) is 0. The number of benzene rings is 1. The van der Waals surface area contributed by atoms with Gasteiger partial charge in [0.05, 0.1) is 23.2 Å². The highest BCUT2D eigenvalue weighted by Gasteiger charge is 2.17. The molecule has 0 aliphatic carbocycles. The number of hydrogen-bond acceptors (Lipinski definition) is 6. The molecule has 2 aromatic heterocycles. The van der Waals surface area contributed by atoms with E-state index in [2.05, 4.69) is 32.3 Å². The maximum atomic E-state index is 12.5. The van der Waals surface area contributed by atoms with E-state index in [9.17, 15) is 9.59 Å². The van der Waals surface area contributed by atoms with Crippen molar-refractivity contribution in [2.75, 3.05) is 18.4 Å². The number of aromatic amines is 1. The molecule has 4 rings (SSSR count). The van der Waals surface area contributed by atoms with Crippen molar-refractivity contribution >= 4 is 33.1 Å². The molecule has 7 nitrogen and oxygen atoms in total. The van der Waals surface area contributed by atoms with Crippen molar-refractivity contribution in [1.29, 1.82) is 0 Å². The number of hydrogen-bond donors (Lipinski definition) is 2. The van der Waals surface area contributed by atoms with Crippen LogP contribution in [0.5, 0.6) is 0 Å². The van der Waals surface area contributed by atoms with E-state index in [-0.39, 0.29) is 17.9 Å². The van der Waals surface area contributed by atoms with Gasteiger partial charge in [0.15, 0.2) is 5.13 Å². The number of rotatable bonds is 5. The Bertz CT molecular complexity index is 1040. The minimum absolute atomic E-state index is 0.0796. The predicted octanol–water partition coefficient (Wildman–Crippen LogP) is 2.79. The quantitative estimate of drug-likeness (QED) is 0.691. The molecule has 0 radical (unpaired) electrons. The lowest BCUT2D eigenvalue weighted by Crippen LogP contribution is -2.32. The van der Waals surface area contributed by atoms with Crippen molar-refractivity contribution in [2.24, 2.45) is 5.92 Å². The smallest absolute Gasteiger partial charge is 0.272 e. The second-order valence-electron chi connectivity index (χ2n) is 7.37. The number of likely N-dealkylation sites (tertiary alicyclic amines) is 1. The summed E-state index contributed by atoms with van der Waals surface area (Å²) in [6, 6.07) is 7.16. The Balaban J connectivity index is 1.39. The summed E-state index contributed by atoms with van der Waals surface area (Å²) < 4.78 is 0. The average molecular weight is 398 g/mol. The fourth-order valence-electron chi connectivity index (χ4n) is 3.51. The number of fused-ring (bicyclic) bond motifs is 1. The van der Waals surface area contributed by atoms with Crippen LogP contribution in [0, 0.1) is 5.92 Å². The summed E-state index contributed by atoms with van der Waals surface area (Å²) in [6.45, 7) is 5.33. The van der Waals surface area contributed by atoms with E-state index < -0.39 is 0 Å². The van der Waals surface area contributed by atoms with Gasteiger partial charge in [0, 0.05) is 17.3 Å². The van der Waals surface area contributed by atoms with Crippen LogP contribution < -0.4 is 10.9 Å². The normalized spacial score (nSPS) is 15.8. The van der Waals surface area contributed by atoms with Gasteiger partial charge >= 0.3 is 0 Å². The first-order valence-corrected chi connectivity index (χ1v) is 10.4. The lowest BCUT2D eigenvalue weighted by molar-refractivity contribution is -0.115. The molecular formula is C20H23N5O2S. The number of nitrogens with zero attached hydrogens (tertiary/aromatic N) is 3. The molecule has 1 aliphatic rings. The van der Waals surface area contributed by atoms with Gasteiger partial charge in [-0.15, -0.1) is 11.3 Å². The van der Waals surface area contributed by atoms with Crippen LogP contribution in [0.4, 0.5) is 5.13 Å². The van der Waals surface area contributed by atoms with Gasteiger partial charge in [0.25, 0.3) is 5.56 Å². The molecule has 0 spiro atoms. The lowest BCUT2D eigenvalue weighted by Gasteiger charge is -2.29. The van der Waals surface area contributed by atoms with Crippen LogP contribution in [0.15, 0.2) is 34.4 Å². The zero-order chi connectivity index (χ0) is 19.5. The number of nitrogens with one attached hydrogen (secondary N) is 2. The molecule has 0 unspecified atom stereocenters. The van der Waals surface area contributed by atoms with Gasteiger partial charge < -0.3 is 5.32 Å². The van der Waals surface area contributed by atoms with Crippen LogP contribution in [-0.4, -0.2) is 39.1 Å². The topological polar surface area (TPSA) is 91.0 Å². The second kappa shape index (κ2) is 8.20. The van der Waals surface area contributed by atoms with E-state index in [1.54, 1.807) is 18.2 Å². The third-order valence-electron chi connectivity index (χ3n) is 5.16. The van der Waals surface area contributed by atoms with E-state index in [0.29, 0.717) is 21.6 Å². The van der Waals surface area contributed by atoms with Crippen LogP contribution in [0.2, 0.25) is 0 Å². The van der Waals surface area contributed by atoms with Crippen molar-refractivity contribution in [3.63, 3.8) is 0 Å². The molecular weight excluding hydrogens is 374 g/mol. The molecule has 1 aromatic carbocycles. The summed E-state index contributed by atoms with van der Waals surface area (Å²) in [4.78, 5) is 31.3. The van der Waals surface area contributed by atoms with Crippen molar-refractivity contribution in [2.45, 2.75) is 32.7 Å². The second-order valence-corrected chi connectivity index (χ2v) is 8.23. The number of aromatic nitrogens is 3. The number of carbonyl (C=O) groups is 1. The fourth-order valence-corrected chi connectivity index (χ4v) is 4.23. The van der Waals surface area contributed by atoms with Gasteiger partial charge in [-0.3, -0.25) is 14.5 Å². The van der Waals surface area contributed by atoms with Crippen LogP contribution in [0.25, 0.3) is 10.8 Å². The Labute approximate surface area is 166 Å². The number of piperidine rings is 1. The maximum Gasteiger partial charge on any atom is 0.272 e. The molecule has 1 amide bonds. The minimum Gasteiger partial charge on any atom is -0.302 e. The van der Waals surface area contributed by atoms with Gasteiger partial charge in [-0.05, 0) is 37.9 Å². The molecule has 0 atom stereocenters. The molecule has 8 heteroatoms. The third kappa shape index (κ3) is 4.28. The molecule has 1 fully saturated rings. The van der Waals surface area contributed by atoms with Crippen molar-refractivity contribution in [3.8, 4) is 0 Å². The predicted molar refractivity (Wildman–Crippen MR) is 110 cm³/mol. The van der Waals surface area contributed by atoms with Gasteiger partial charge in [0.2, 0.25) is 5.91 Å². The molecule has 1 saturated heterocycles. The number of H-pyrrole nitrogens is 1. The molecule has 0 bridgehead atoms. The Morgan fingerprint density at radius 3 is 2.82 bits per heavy atom. The first-order valence-electron chi connectivity index (χ1n) is 9.51. The molecule has 2 N–H and O–H groups in total. The first kappa shape index (κ1) is 18.8. The van der Waals surface area contributed by atoms with Crippen LogP contribution >= 0.6 is 11.3 Å². The molecule has 0 saturated carbocycles. The van der Waals surface area contributed by atoms with Gasteiger partial charge in [-0.1, -0.05) is 25.1 Å². The van der Waals surface area contributed by atoms with Gasteiger partial charge in [0.1, 0.15) is 0 Å². The molecule has 3 heterocycles. The Morgan fingerprint density at radius 2 is 2.04 bits per heavy atom. The summed E-state index contributed by atoms with van der Waals surface area (Å²) in [5.41, 5.74) is 1.28. The molecule has 146 valence electrons. The largest absolute Gasteiger partial charge is 0.302 e. The summed E-state index contributed by atoms with van der Waals surface area (Å²) in [5.74, 6) is 0.608. The number of anilines is 1. The first-order chi connectivity index (χ1) is 13.6. The molecule has 28 heavy (non-hydrogen) atoms. The minimum atomic E-state index is -0.253. The summed E-state index contributed by atoms with van der Waals surface area (Å²) >= 11 is 1.44. The average Bonchev–Trinajstić information content (AvgIpc) is 3.13. The fraction of sp³-hybridized carbons (Fsp3) is 0.400. The van der Waals surface area contributed by atoms with Crippen LogP contribution in [0.3, 0.4) is 0 Å². The van der Waals surface area contributed by atoms with E-state index in [4.69, 9.17) is 0 Å². The highest BCUT2D eigenvalue weighted by molar-refractivity contribution is 7.13. The molecule has 1 aliphatic heterocycles. The zero-order valence-electron chi connectivity index (χ0n) is 15.8. The standard InChI is InChI=1S/C20H23N5O2S/c1-13-6-8-25(9-7-13)11-14-12-28-20(21-14)22-18(26)10-17-15-4-2-3-5-16(15)19(27)24-23-17/h2-5,12-13H,6-11H2,1H3,(H,24,27)(H,21,22,26). The highest BCUT2D eigenvalue weighted by Crippen LogP contribution is 2.21. The Hall–Kier alpha value is -2.58. The van der Waals surface area contributed by atoms with E-state index >= 15 is 0 Å². The zero-order valence-corrected chi connectivity index (χ0v) is 16.6. The SMILES string of the molecule is CC1CCN(Cc2csc(NC(=O)Cc3n[nH]c(=O)c4ccccc34)n2)CC1. The maximum absolute atomic E-state index is 12.5. The van der Waals surface area contributed by atoms with E-state index in [1.165, 1.54) is 24.2 Å². The number of carbonyl (C=O) groups excluding carboxylic acids is 1. The van der Waals surface area contributed by atoms with E-state index in [0.717, 1.165) is 31.2 Å². The van der Waals surface area contributed by atoms with Crippen LogP contribution in [0.1, 0.15) is 31.2 Å². The highest BCUT2D eigenvalue weighted by atomic mass is 32.1. The summed E-state index contributed by atoms with van der Waals surface area (Å²) in [5, 5.41) is 13.2. The Morgan fingerprint density at radius 1 is 1.29 bits per heavy atom.